The highest BCUT2D eigenvalue weighted by Gasteiger charge is 2.45. The van der Waals surface area contributed by atoms with Crippen molar-refractivity contribution in [3.8, 4) is 28.7 Å². The molecule has 0 aliphatic heterocycles. The maximum Gasteiger partial charge on any atom is 0.174 e. The summed E-state index contributed by atoms with van der Waals surface area (Å²) in [6.45, 7) is 0. The summed E-state index contributed by atoms with van der Waals surface area (Å²) in [6, 6.07) is 15.0. The topological polar surface area (TPSA) is 87.0 Å². The van der Waals surface area contributed by atoms with E-state index in [1.807, 2.05) is 12.1 Å². The van der Waals surface area contributed by atoms with E-state index < -0.39 is 11.5 Å². The van der Waals surface area contributed by atoms with Gasteiger partial charge in [0, 0.05) is 18.1 Å². The predicted molar refractivity (Wildman–Crippen MR) is 99.5 cm³/mol. The Labute approximate surface area is 160 Å². The van der Waals surface area contributed by atoms with Crippen LogP contribution in [0.1, 0.15) is 28.3 Å². The van der Waals surface area contributed by atoms with Crippen molar-refractivity contribution in [2.24, 2.45) is 5.92 Å². The first-order valence-electron chi connectivity index (χ1n) is 8.75. The molecule has 2 atom stereocenters. The van der Waals surface area contributed by atoms with Crippen LogP contribution in [0.25, 0.3) is 0 Å². The molecule has 2 unspecified atom stereocenters. The molecule has 6 heteroatoms. The van der Waals surface area contributed by atoms with E-state index in [-0.39, 0.29) is 34.7 Å². The maximum absolute atomic E-state index is 12.9. The fraction of sp³-hybridized carbons (Fsp3) is 0.136. The fourth-order valence-electron chi connectivity index (χ4n) is 3.31. The van der Waals surface area contributed by atoms with Crippen LogP contribution in [-0.4, -0.2) is 21.1 Å². The van der Waals surface area contributed by atoms with Crippen LogP contribution in [0.15, 0.2) is 60.7 Å². The van der Waals surface area contributed by atoms with Crippen molar-refractivity contribution in [1.82, 2.24) is 0 Å². The van der Waals surface area contributed by atoms with Gasteiger partial charge in [-0.05, 0) is 54.3 Å². The van der Waals surface area contributed by atoms with Gasteiger partial charge in [-0.2, -0.15) is 0 Å². The largest absolute Gasteiger partial charge is 0.508 e. The van der Waals surface area contributed by atoms with E-state index in [0.717, 1.165) is 17.7 Å². The van der Waals surface area contributed by atoms with Crippen LogP contribution in [0.5, 0.6) is 28.7 Å². The molecule has 3 N–H and O–H groups in total. The monoisotopic (exact) mass is 380 g/mol. The minimum absolute atomic E-state index is 0.0139. The summed E-state index contributed by atoms with van der Waals surface area (Å²) in [5, 5.41) is 29.1. The Morgan fingerprint density at radius 1 is 0.893 bits per heavy atom. The van der Waals surface area contributed by atoms with Gasteiger partial charge < -0.3 is 20.1 Å². The molecule has 0 radical (unpaired) electrons. The van der Waals surface area contributed by atoms with E-state index >= 15 is 0 Å². The Morgan fingerprint density at radius 2 is 1.43 bits per heavy atom. The Kier molecular flexibility index (Phi) is 4.39. The number of phenols is 3. The van der Waals surface area contributed by atoms with Crippen molar-refractivity contribution in [2.75, 3.05) is 0 Å². The van der Waals surface area contributed by atoms with Crippen LogP contribution in [0.3, 0.4) is 0 Å². The summed E-state index contributed by atoms with van der Waals surface area (Å²) < 4.78 is 18.6. The van der Waals surface area contributed by atoms with E-state index in [2.05, 4.69) is 0 Å². The number of halogens is 1. The van der Waals surface area contributed by atoms with Crippen LogP contribution < -0.4 is 4.74 Å². The minimum atomic E-state index is -0.434. The van der Waals surface area contributed by atoms with Gasteiger partial charge in [0.2, 0.25) is 0 Å². The van der Waals surface area contributed by atoms with Crippen molar-refractivity contribution >= 4 is 5.78 Å². The smallest absolute Gasteiger partial charge is 0.174 e. The van der Waals surface area contributed by atoms with Gasteiger partial charge in [-0.15, -0.1) is 0 Å². The van der Waals surface area contributed by atoms with Crippen LogP contribution in [0, 0.1) is 11.7 Å². The van der Waals surface area contributed by atoms with Gasteiger partial charge in [-0.3, -0.25) is 4.79 Å². The lowest BCUT2D eigenvalue weighted by molar-refractivity contribution is 0.0959. The zero-order chi connectivity index (χ0) is 19.8. The molecule has 142 valence electrons. The normalized spacial score (nSPS) is 17.9. The van der Waals surface area contributed by atoms with Crippen LogP contribution in [0.4, 0.5) is 4.39 Å². The molecule has 0 heterocycles. The highest BCUT2D eigenvalue weighted by atomic mass is 19.1. The van der Waals surface area contributed by atoms with Crippen molar-refractivity contribution in [2.45, 2.75) is 12.3 Å². The fourth-order valence-corrected chi connectivity index (χ4v) is 3.31. The third-order valence-electron chi connectivity index (χ3n) is 4.81. The molecular formula is C22H17FO5. The number of carbonyl (C=O) groups excluding carboxylic acids is 1. The van der Waals surface area contributed by atoms with Crippen LogP contribution >= 0.6 is 0 Å². The predicted octanol–water partition coefficient (Wildman–Crippen LogP) is 4.72. The van der Waals surface area contributed by atoms with E-state index in [1.54, 1.807) is 12.1 Å². The van der Waals surface area contributed by atoms with Crippen molar-refractivity contribution < 1.29 is 29.2 Å². The number of ether oxygens (including phenoxy) is 1. The molecule has 3 aromatic rings. The summed E-state index contributed by atoms with van der Waals surface area (Å²) in [4.78, 5) is 12.6. The first-order valence-corrected chi connectivity index (χ1v) is 8.75. The highest BCUT2D eigenvalue weighted by molar-refractivity contribution is 6.04. The molecule has 0 bridgehead atoms. The number of carbonyl (C=O) groups is 1. The number of aromatic hydroxyl groups is 3. The second kappa shape index (κ2) is 6.88. The molecule has 1 aliphatic rings. The molecule has 3 aromatic carbocycles. The van der Waals surface area contributed by atoms with Gasteiger partial charge in [0.05, 0.1) is 0 Å². The van der Waals surface area contributed by atoms with Gasteiger partial charge in [0.15, 0.2) is 5.78 Å². The molecule has 0 spiro atoms. The highest BCUT2D eigenvalue weighted by Crippen LogP contribution is 2.51. The summed E-state index contributed by atoms with van der Waals surface area (Å²) in [6.07, 6.45) is 0.608. The first-order chi connectivity index (χ1) is 13.4. The Morgan fingerprint density at radius 3 is 2.00 bits per heavy atom. The zero-order valence-electron chi connectivity index (χ0n) is 14.7. The summed E-state index contributed by atoms with van der Waals surface area (Å²) >= 11 is 0. The minimum Gasteiger partial charge on any atom is -0.508 e. The van der Waals surface area contributed by atoms with Gasteiger partial charge in [-0.25, -0.2) is 4.39 Å². The van der Waals surface area contributed by atoms with Crippen molar-refractivity contribution in [1.29, 1.82) is 0 Å². The number of hydrogen-bond acceptors (Lipinski definition) is 5. The molecule has 28 heavy (non-hydrogen) atoms. The molecule has 0 amide bonds. The number of Topliss-reactive ketones (excluding diaryl/α,β-unsaturated/α-hetero) is 1. The van der Waals surface area contributed by atoms with Gasteiger partial charge >= 0.3 is 0 Å². The molecule has 1 aliphatic carbocycles. The number of ketones is 1. The van der Waals surface area contributed by atoms with Gasteiger partial charge in [-0.1, -0.05) is 12.1 Å². The third kappa shape index (κ3) is 3.49. The van der Waals surface area contributed by atoms with E-state index in [9.17, 15) is 24.5 Å². The van der Waals surface area contributed by atoms with E-state index in [4.69, 9.17) is 4.74 Å². The second-order valence-electron chi connectivity index (χ2n) is 6.80. The molecular weight excluding hydrogens is 363 g/mol. The summed E-state index contributed by atoms with van der Waals surface area (Å²) in [7, 11) is 0. The lowest BCUT2D eigenvalue weighted by atomic mass is 10.0. The van der Waals surface area contributed by atoms with Crippen LogP contribution in [-0.2, 0) is 0 Å². The van der Waals surface area contributed by atoms with Crippen molar-refractivity contribution in [3.05, 3.63) is 77.6 Å². The number of hydrogen-bond donors (Lipinski definition) is 3. The van der Waals surface area contributed by atoms with Gasteiger partial charge in [0.25, 0.3) is 0 Å². The number of phenolic OH excluding ortho intramolecular Hbond substituents is 3. The zero-order valence-corrected chi connectivity index (χ0v) is 14.7. The standard InChI is InChI=1S/C22H17FO5/c23-13-3-7-16(8-4-13)28-15-5-1-12(2-6-15)17-11-18(17)22(27)21-19(25)9-14(24)10-20(21)26/h1-10,17-18,24-26H,11H2. The first kappa shape index (κ1) is 17.9. The third-order valence-corrected chi connectivity index (χ3v) is 4.81. The number of rotatable bonds is 5. The van der Waals surface area contributed by atoms with Crippen LogP contribution in [0.2, 0.25) is 0 Å². The Bertz CT molecular complexity index is 1000. The van der Waals surface area contributed by atoms with E-state index in [1.165, 1.54) is 24.3 Å². The lowest BCUT2D eigenvalue weighted by Crippen LogP contribution is -2.04. The maximum atomic E-state index is 12.9. The average Bonchev–Trinajstić information content (AvgIpc) is 3.44. The van der Waals surface area contributed by atoms with E-state index in [0.29, 0.717) is 17.9 Å². The summed E-state index contributed by atoms with van der Waals surface area (Å²) in [5.41, 5.74) is 0.782. The lowest BCUT2D eigenvalue weighted by Gasteiger charge is -2.08. The quantitative estimate of drug-likeness (QED) is 0.558. The second-order valence-corrected chi connectivity index (χ2v) is 6.80. The molecule has 4 rings (SSSR count). The molecule has 0 aromatic heterocycles. The Hall–Kier alpha value is -3.54. The molecule has 1 fully saturated rings. The Balaban J connectivity index is 1.45. The SMILES string of the molecule is O=C(c1c(O)cc(O)cc1O)C1CC1c1ccc(Oc2ccc(F)cc2)cc1. The molecule has 0 saturated heterocycles. The average molecular weight is 380 g/mol. The number of benzene rings is 3. The molecule has 5 nitrogen and oxygen atoms in total. The molecule has 1 saturated carbocycles. The summed E-state index contributed by atoms with van der Waals surface area (Å²) in [5.74, 6) is -1.11. The van der Waals surface area contributed by atoms with Gasteiger partial charge in [0.1, 0.15) is 40.1 Å². The van der Waals surface area contributed by atoms with Crippen molar-refractivity contribution in [3.63, 3.8) is 0 Å².